The molecular formula is C13H10FN3. The molecule has 0 spiro atoms. The van der Waals surface area contributed by atoms with E-state index in [0.717, 1.165) is 22.2 Å². The molecule has 0 unspecified atom stereocenters. The molecule has 3 nitrogen and oxygen atoms in total. The molecule has 3 aromatic rings. The van der Waals surface area contributed by atoms with E-state index in [-0.39, 0.29) is 5.82 Å². The van der Waals surface area contributed by atoms with Gasteiger partial charge in [0.1, 0.15) is 11.6 Å². The molecule has 2 heterocycles. The molecule has 84 valence electrons. The van der Waals surface area contributed by atoms with Gasteiger partial charge in [0.25, 0.3) is 0 Å². The quantitative estimate of drug-likeness (QED) is 0.671. The van der Waals surface area contributed by atoms with Gasteiger partial charge in [-0.05, 0) is 36.4 Å². The molecule has 0 aliphatic heterocycles. The van der Waals surface area contributed by atoms with E-state index in [4.69, 9.17) is 5.73 Å². The molecule has 3 N–H and O–H groups in total. The Labute approximate surface area is 97.1 Å². The zero-order chi connectivity index (χ0) is 11.8. The van der Waals surface area contributed by atoms with E-state index < -0.39 is 0 Å². The summed E-state index contributed by atoms with van der Waals surface area (Å²) in [6, 6.07) is 10.2. The maximum Gasteiger partial charge on any atom is 0.125 e. The number of nitrogens with two attached hydrogens (primary N) is 1. The average Bonchev–Trinajstić information content (AvgIpc) is 2.72. The van der Waals surface area contributed by atoms with Gasteiger partial charge in [-0.15, -0.1) is 0 Å². The van der Waals surface area contributed by atoms with Gasteiger partial charge in [0.2, 0.25) is 0 Å². The zero-order valence-electron chi connectivity index (χ0n) is 8.94. The van der Waals surface area contributed by atoms with Crippen molar-refractivity contribution in [3.8, 4) is 11.3 Å². The van der Waals surface area contributed by atoms with Gasteiger partial charge in [0.15, 0.2) is 0 Å². The number of aromatic amines is 1. The van der Waals surface area contributed by atoms with Crippen molar-refractivity contribution in [3.63, 3.8) is 0 Å². The number of aromatic nitrogens is 2. The number of rotatable bonds is 1. The average molecular weight is 227 g/mol. The lowest BCUT2D eigenvalue weighted by Crippen LogP contribution is -1.88. The van der Waals surface area contributed by atoms with Crippen LogP contribution in [0.2, 0.25) is 0 Å². The van der Waals surface area contributed by atoms with Crippen LogP contribution in [-0.4, -0.2) is 9.97 Å². The van der Waals surface area contributed by atoms with Crippen molar-refractivity contribution < 1.29 is 4.39 Å². The van der Waals surface area contributed by atoms with E-state index in [1.165, 1.54) is 12.1 Å². The first-order chi connectivity index (χ1) is 8.22. The summed E-state index contributed by atoms with van der Waals surface area (Å²) >= 11 is 0. The summed E-state index contributed by atoms with van der Waals surface area (Å²) in [5.41, 5.74) is 8.13. The number of fused-ring (bicyclic) bond motifs is 1. The van der Waals surface area contributed by atoms with Gasteiger partial charge in [-0.1, -0.05) is 0 Å². The third-order valence-electron chi connectivity index (χ3n) is 2.68. The number of benzene rings is 1. The Kier molecular flexibility index (Phi) is 2.08. The van der Waals surface area contributed by atoms with Gasteiger partial charge in [0, 0.05) is 28.4 Å². The number of pyridine rings is 1. The molecule has 0 aliphatic carbocycles. The summed E-state index contributed by atoms with van der Waals surface area (Å²) in [5.74, 6) is 0.234. The highest BCUT2D eigenvalue weighted by Gasteiger charge is 2.04. The van der Waals surface area contributed by atoms with Crippen LogP contribution in [-0.2, 0) is 0 Å². The Morgan fingerprint density at radius 1 is 1.12 bits per heavy atom. The molecule has 0 radical (unpaired) electrons. The van der Waals surface area contributed by atoms with Crippen LogP contribution < -0.4 is 5.73 Å². The summed E-state index contributed by atoms with van der Waals surface area (Å²) in [6.45, 7) is 0. The summed E-state index contributed by atoms with van der Waals surface area (Å²) < 4.78 is 13.1. The lowest BCUT2D eigenvalue weighted by molar-refractivity contribution is 0.629. The number of nitrogens with zero attached hydrogens (tertiary/aromatic N) is 1. The first-order valence-electron chi connectivity index (χ1n) is 5.22. The lowest BCUT2D eigenvalue weighted by Gasteiger charge is -1.97. The number of anilines is 1. The van der Waals surface area contributed by atoms with E-state index in [2.05, 4.69) is 9.97 Å². The van der Waals surface area contributed by atoms with Gasteiger partial charge in [-0.25, -0.2) is 9.37 Å². The van der Waals surface area contributed by atoms with Crippen molar-refractivity contribution in [1.29, 1.82) is 0 Å². The van der Waals surface area contributed by atoms with Crippen molar-refractivity contribution in [2.24, 2.45) is 0 Å². The second-order valence-electron chi connectivity index (χ2n) is 3.89. The predicted molar refractivity (Wildman–Crippen MR) is 65.9 cm³/mol. The second kappa shape index (κ2) is 3.59. The minimum atomic E-state index is -0.249. The number of nitrogens with one attached hydrogen (secondary N) is 1. The van der Waals surface area contributed by atoms with Crippen LogP contribution >= 0.6 is 0 Å². The lowest BCUT2D eigenvalue weighted by atomic mass is 10.2. The Hall–Kier alpha value is -2.36. The second-order valence-corrected chi connectivity index (χ2v) is 3.89. The predicted octanol–water partition coefficient (Wildman–Crippen LogP) is 2.95. The van der Waals surface area contributed by atoms with Crippen molar-refractivity contribution >= 4 is 16.7 Å². The fourth-order valence-corrected chi connectivity index (χ4v) is 1.82. The van der Waals surface area contributed by atoms with Crippen LogP contribution in [0.25, 0.3) is 22.2 Å². The number of hydrogen-bond donors (Lipinski definition) is 2. The number of nitrogen functional groups attached to an aromatic ring is 1. The normalized spacial score (nSPS) is 10.9. The van der Waals surface area contributed by atoms with Crippen molar-refractivity contribution in [2.45, 2.75) is 0 Å². The van der Waals surface area contributed by atoms with Crippen molar-refractivity contribution in [1.82, 2.24) is 9.97 Å². The van der Waals surface area contributed by atoms with E-state index in [9.17, 15) is 4.39 Å². The van der Waals surface area contributed by atoms with Gasteiger partial charge in [0.05, 0.1) is 0 Å². The van der Waals surface area contributed by atoms with Crippen LogP contribution in [0, 0.1) is 5.82 Å². The number of H-pyrrole nitrogens is 1. The smallest absolute Gasteiger partial charge is 0.125 e. The summed E-state index contributed by atoms with van der Waals surface area (Å²) in [4.78, 5) is 7.18. The Bertz CT molecular complexity index is 671. The van der Waals surface area contributed by atoms with Crippen molar-refractivity contribution in [2.75, 3.05) is 5.73 Å². The largest absolute Gasteiger partial charge is 0.384 e. The third-order valence-corrected chi connectivity index (χ3v) is 2.68. The Balaban J connectivity index is 2.14. The number of hydrogen-bond acceptors (Lipinski definition) is 2. The molecule has 0 amide bonds. The molecule has 0 bridgehead atoms. The zero-order valence-corrected chi connectivity index (χ0v) is 8.94. The van der Waals surface area contributed by atoms with E-state index in [1.54, 1.807) is 18.3 Å². The molecule has 0 aliphatic rings. The van der Waals surface area contributed by atoms with Gasteiger partial charge in [-0.2, -0.15) is 0 Å². The van der Waals surface area contributed by atoms with Crippen LogP contribution in [0.3, 0.4) is 0 Å². The topological polar surface area (TPSA) is 54.7 Å². The van der Waals surface area contributed by atoms with E-state index in [0.29, 0.717) is 5.82 Å². The minimum absolute atomic E-state index is 0.249. The molecule has 0 atom stereocenters. The Morgan fingerprint density at radius 3 is 2.76 bits per heavy atom. The standard InChI is InChI=1S/C13H10FN3/c14-10-3-1-8-5-11(17-12(8)6-10)9-2-4-13(15)16-7-9/h1-7,17H,(H2,15,16). The third kappa shape index (κ3) is 1.73. The highest BCUT2D eigenvalue weighted by molar-refractivity contribution is 5.85. The molecule has 0 fully saturated rings. The van der Waals surface area contributed by atoms with Gasteiger partial charge in [-0.3, -0.25) is 0 Å². The highest BCUT2D eigenvalue weighted by Crippen LogP contribution is 2.24. The van der Waals surface area contributed by atoms with Crippen LogP contribution in [0.4, 0.5) is 10.2 Å². The summed E-state index contributed by atoms with van der Waals surface area (Å²) in [7, 11) is 0. The fourth-order valence-electron chi connectivity index (χ4n) is 1.82. The molecule has 3 rings (SSSR count). The fraction of sp³-hybridized carbons (Fsp3) is 0. The van der Waals surface area contributed by atoms with Crippen LogP contribution in [0.1, 0.15) is 0 Å². The highest BCUT2D eigenvalue weighted by atomic mass is 19.1. The molecule has 0 saturated carbocycles. The minimum Gasteiger partial charge on any atom is -0.384 e. The number of halogens is 1. The van der Waals surface area contributed by atoms with E-state index in [1.807, 2.05) is 12.1 Å². The molecule has 4 heteroatoms. The van der Waals surface area contributed by atoms with E-state index >= 15 is 0 Å². The summed E-state index contributed by atoms with van der Waals surface area (Å²) in [6.07, 6.45) is 1.69. The molecule has 1 aromatic carbocycles. The molecular weight excluding hydrogens is 217 g/mol. The maximum absolute atomic E-state index is 13.1. The van der Waals surface area contributed by atoms with Crippen molar-refractivity contribution in [3.05, 3.63) is 48.4 Å². The maximum atomic E-state index is 13.1. The van der Waals surface area contributed by atoms with Crippen LogP contribution in [0.5, 0.6) is 0 Å². The summed E-state index contributed by atoms with van der Waals surface area (Å²) in [5, 5.41) is 0.971. The first-order valence-corrected chi connectivity index (χ1v) is 5.22. The van der Waals surface area contributed by atoms with Crippen LogP contribution in [0.15, 0.2) is 42.6 Å². The Morgan fingerprint density at radius 2 is 2.00 bits per heavy atom. The van der Waals surface area contributed by atoms with Gasteiger partial charge < -0.3 is 10.7 Å². The molecule has 0 saturated heterocycles. The monoisotopic (exact) mass is 227 g/mol. The SMILES string of the molecule is Nc1ccc(-c2cc3ccc(F)cc3[nH]2)cn1. The first kappa shape index (κ1) is 9.84. The van der Waals surface area contributed by atoms with Gasteiger partial charge >= 0.3 is 0 Å². The molecule has 2 aromatic heterocycles. The molecule has 17 heavy (non-hydrogen) atoms.